The molecule has 0 unspecified atom stereocenters. The Hall–Kier alpha value is -0.120. The maximum absolute atomic E-state index is 5.60. The van der Waals surface area contributed by atoms with E-state index in [2.05, 4.69) is 31.0 Å². The SMILES string of the molecule is CC(C)(C)OCN1CCNC1. The van der Waals surface area contributed by atoms with Crippen molar-refractivity contribution in [3.63, 3.8) is 0 Å². The summed E-state index contributed by atoms with van der Waals surface area (Å²) in [5.41, 5.74) is -0.0113. The smallest absolute Gasteiger partial charge is 0.101 e. The molecule has 0 bridgehead atoms. The standard InChI is InChI=1S/C8H18N2O/c1-8(2,3)11-7-10-5-4-9-6-10/h9H,4-7H2,1-3H3. The fraction of sp³-hybridized carbons (Fsp3) is 1.00. The molecule has 0 spiro atoms. The topological polar surface area (TPSA) is 24.5 Å². The lowest BCUT2D eigenvalue weighted by Crippen LogP contribution is -2.31. The summed E-state index contributed by atoms with van der Waals surface area (Å²) >= 11 is 0. The molecule has 1 aliphatic rings. The molecule has 0 radical (unpaired) electrons. The molecule has 0 aromatic heterocycles. The van der Waals surface area contributed by atoms with E-state index in [-0.39, 0.29) is 5.60 Å². The summed E-state index contributed by atoms with van der Waals surface area (Å²) in [6, 6.07) is 0. The summed E-state index contributed by atoms with van der Waals surface area (Å²) in [6.07, 6.45) is 0. The first-order chi connectivity index (χ1) is 5.08. The first kappa shape index (κ1) is 8.97. The summed E-state index contributed by atoms with van der Waals surface area (Å²) in [6.45, 7) is 10.2. The summed E-state index contributed by atoms with van der Waals surface area (Å²) < 4.78 is 5.60. The minimum Gasteiger partial charge on any atom is -0.360 e. The minimum atomic E-state index is -0.0113. The lowest BCUT2D eigenvalue weighted by atomic mass is 10.2. The molecule has 1 aliphatic heterocycles. The van der Waals surface area contributed by atoms with E-state index in [9.17, 15) is 0 Å². The summed E-state index contributed by atoms with van der Waals surface area (Å²) in [4.78, 5) is 2.26. The molecular weight excluding hydrogens is 140 g/mol. The van der Waals surface area contributed by atoms with Gasteiger partial charge in [-0.1, -0.05) is 0 Å². The molecule has 0 aromatic carbocycles. The van der Waals surface area contributed by atoms with E-state index in [0.717, 1.165) is 26.5 Å². The van der Waals surface area contributed by atoms with Crippen LogP contribution in [0.3, 0.4) is 0 Å². The Kier molecular flexibility index (Phi) is 2.87. The second-order valence-corrected chi connectivity index (χ2v) is 3.94. The normalized spacial score (nSPS) is 21.0. The van der Waals surface area contributed by atoms with E-state index in [1.807, 2.05) is 0 Å². The van der Waals surface area contributed by atoms with E-state index < -0.39 is 0 Å². The predicted molar refractivity (Wildman–Crippen MR) is 45.3 cm³/mol. The molecular formula is C8H18N2O. The van der Waals surface area contributed by atoms with Gasteiger partial charge < -0.3 is 10.1 Å². The average Bonchev–Trinajstić information content (AvgIpc) is 2.32. The lowest BCUT2D eigenvalue weighted by Gasteiger charge is -2.23. The zero-order valence-electron chi connectivity index (χ0n) is 7.68. The number of nitrogens with one attached hydrogen (secondary N) is 1. The number of rotatable bonds is 2. The van der Waals surface area contributed by atoms with Gasteiger partial charge in [0.1, 0.15) is 6.73 Å². The van der Waals surface area contributed by atoms with Crippen LogP contribution in [0.4, 0.5) is 0 Å². The monoisotopic (exact) mass is 158 g/mol. The fourth-order valence-electron chi connectivity index (χ4n) is 0.949. The van der Waals surface area contributed by atoms with Gasteiger partial charge in [-0.2, -0.15) is 0 Å². The van der Waals surface area contributed by atoms with Gasteiger partial charge in [0.15, 0.2) is 0 Å². The Balaban J connectivity index is 2.11. The summed E-state index contributed by atoms with van der Waals surface area (Å²) in [5, 5.41) is 3.25. The van der Waals surface area contributed by atoms with Crippen molar-refractivity contribution in [2.45, 2.75) is 26.4 Å². The van der Waals surface area contributed by atoms with Crippen LogP contribution < -0.4 is 5.32 Å². The highest BCUT2D eigenvalue weighted by Crippen LogP contribution is 2.07. The van der Waals surface area contributed by atoms with Crippen LogP contribution in [0.5, 0.6) is 0 Å². The van der Waals surface area contributed by atoms with Crippen molar-refractivity contribution in [1.29, 1.82) is 0 Å². The first-order valence-electron chi connectivity index (χ1n) is 4.15. The Bertz CT molecular complexity index is 114. The highest BCUT2D eigenvalue weighted by atomic mass is 16.5. The largest absolute Gasteiger partial charge is 0.360 e. The Morgan fingerprint density at radius 2 is 2.18 bits per heavy atom. The van der Waals surface area contributed by atoms with Crippen LogP contribution in [0.2, 0.25) is 0 Å². The second-order valence-electron chi connectivity index (χ2n) is 3.94. The van der Waals surface area contributed by atoms with Crippen LogP contribution in [-0.2, 0) is 4.74 Å². The number of hydrogen-bond acceptors (Lipinski definition) is 3. The molecule has 0 atom stereocenters. The Morgan fingerprint density at radius 3 is 2.64 bits per heavy atom. The lowest BCUT2D eigenvalue weighted by molar-refractivity contribution is -0.0569. The molecule has 1 fully saturated rings. The maximum atomic E-state index is 5.60. The van der Waals surface area contributed by atoms with Gasteiger partial charge in [0.05, 0.1) is 12.3 Å². The molecule has 11 heavy (non-hydrogen) atoms. The quantitative estimate of drug-likeness (QED) is 0.637. The van der Waals surface area contributed by atoms with Gasteiger partial charge in [0, 0.05) is 13.1 Å². The van der Waals surface area contributed by atoms with Crippen LogP contribution in [0.15, 0.2) is 0 Å². The highest BCUT2D eigenvalue weighted by Gasteiger charge is 2.15. The molecule has 0 amide bonds. The maximum Gasteiger partial charge on any atom is 0.101 e. The van der Waals surface area contributed by atoms with Crippen LogP contribution in [0.1, 0.15) is 20.8 Å². The van der Waals surface area contributed by atoms with E-state index in [0.29, 0.717) is 0 Å². The van der Waals surface area contributed by atoms with E-state index >= 15 is 0 Å². The molecule has 3 nitrogen and oxygen atoms in total. The predicted octanol–water partition coefficient (Wildman–Crippen LogP) is 0.622. The van der Waals surface area contributed by atoms with Crippen LogP contribution >= 0.6 is 0 Å². The van der Waals surface area contributed by atoms with Gasteiger partial charge in [0.2, 0.25) is 0 Å². The van der Waals surface area contributed by atoms with E-state index in [1.165, 1.54) is 0 Å². The summed E-state index contributed by atoms with van der Waals surface area (Å²) in [7, 11) is 0. The molecule has 1 rings (SSSR count). The van der Waals surface area contributed by atoms with Crippen LogP contribution in [0.25, 0.3) is 0 Å². The zero-order chi connectivity index (χ0) is 8.32. The molecule has 1 N–H and O–H groups in total. The molecule has 66 valence electrons. The Morgan fingerprint density at radius 1 is 1.45 bits per heavy atom. The molecule has 3 heteroatoms. The molecule has 0 saturated carbocycles. The number of hydrogen-bond donors (Lipinski definition) is 1. The van der Waals surface area contributed by atoms with E-state index in [1.54, 1.807) is 0 Å². The third-order valence-corrected chi connectivity index (χ3v) is 1.62. The van der Waals surface area contributed by atoms with Crippen molar-refractivity contribution in [1.82, 2.24) is 10.2 Å². The first-order valence-corrected chi connectivity index (χ1v) is 4.15. The van der Waals surface area contributed by atoms with Crippen molar-refractivity contribution >= 4 is 0 Å². The van der Waals surface area contributed by atoms with Gasteiger partial charge in [-0.05, 0) is 20.8 Å². The fourth-order valence-corrected chi connectivity index (χ4v) is 0.949. The zero-order valence-corrected chi connectivity index (χ0v) is 7.68. The third kappa shape index (κ3) is 3.70. The molecule has 0 aliphatic carbocycles. The second kappa shape index (κ2) is 3.52. The van der Waals surface area contributed by atoms with Gasteiger partial charge in [0.25, 0.3) is 0 Å². The third-order valence-electron chi connectivity index (χ3n) is 1.62. The van der Waals surface area contributed by atoms with Crippen molar-refractivity contribution in [2.24, 2.45) is 0 Å². The average molecular weight is 158 g/mol. The van der Waals surface area contributed by atoms with Gasteiger partial charge in [-0.25, -0.2) is 0 Å². The van der Waals surface area contributed by atoms with Crippen LogP contribution in [-0.4, -0.2) is 37.0 Å². The minimum absolute atomic E-state index is 0.0113. The van der Waals surface area contributed by atoms with Crippen molar-refractivity contribution < 1.29 is 4.74 Å². The van der Waals surface area contributed by atoms with E-state index in [4.69, 9.17) is 4.74 Å². The van der Waals surface area contributed by atoms with Crippen molar-refractivity contribution in [2.75, 3.05) is 26.5 Å². The summed E-state index contributed by atoms with van der Waals surface area (Å²) in [5.74, 6) is 0. The van der Waals surface area contributed by atoms with Crippen LogP contribution in [0, 0.1) is 0 Å². The van der Waals surface area contributed by atoms with Gasteiger partial charge in [-0.15, -0.1) is 0 Å². The van der Waals surface area contributed by atoms with Crippen molar-refractivity contribution in [3.8, 4) is 0 Å². The van der Waals surface area contributed by atoms with Gasteiger partial charge >= 0.3 is 0 Å². The highest BCUT2D eigenvalue weighted by molar-refractivity contribution is 4.64. The number of ether oxygens (including phenoxy) is 1. The van der Waals surface area contributed by atoms with Gasteiger partial charge in [-0.3, -0.25) is 4.90 Å². The Labute approximate surface area is 68.7 Å². The molecule has 1 heterocycles. The molecule has 1 saturated heterocycles. The van der Waals surface area contributed by atoms with Crippen molar-refractivity contribution in [3.05, 3.63) is 0 Å². The number of nitrogens with zero attached hydrogens (tertiary/aromatic N) is 1. The molecule has 0 aromatic rings.